The van der Waals surface area contributed by atoms with Gasteiger partial charge in [0.1, 0.15) is 11.8 Å². The van der Waals surface area contributed by atoms with Gasteiger partial charge in [-0.1, -0.05) is 12.1 Å². The Bertz CT molecular complexity index is 645. The van der Waals surface area contributed by atoms with Gasteiger partial charge in [-0.05, 0) is 17.7 Å². The molecule has 1 unspecified atom stereocenters. The van der Waals surface area contributed by atoms with Gasteiger partial charge in [0.25, 0.3) is 0 Å². The van der Waals surface area contributed by atoms with Crippen molar-refractivity contribution in [1.29, 1.82) is 0 Å². The first-order chi connectivity index (χ1) is 8.79. The van der Waals surface area contributed by atoms with Crippen LogP contribution in [0.3, 0.4) is 0 Å². The van der Waals surface area contributed by atoms with Crippen molar-refractivity contribution in [2.45, 2.75) is 12.3 Å². The molecule has 0 saturated carbocycles. The molecule has 1 aromatic heterocycles. The van der Waals surface area contributed by atoms with E-state index in [0.29, 0.717) is 0 Å². The number of aromatic nitrogens is 2. The zero-order valence-corrected chi connectivity index (χ0v) is 9.32. The molecular formula is C11H9F3N2O3. The van der Waals surface area contributed by atoms with Crippen LogP contribution in [0, 0.1) is 0 Å². The van der Waals surface area contributed by atoms with E-state index >= 15 is 0 Å². The van der Waals surface area contributed by atoms with E-state index in [1.165, 1.54) is 6.07 Å². The van der Waals surface area contributed by atoms with E-state index in [1.807, 2.05) is 4.98 Å². The first kappa shape index (κ1) is 13.2. The highest BCUT2D eigenvalue weighted by Gasteiger charge is 2.31. The van der Waals surface area contributed by atoms with Crippen molar-refractivity contribution < 1.29 is 23.4 Å². The van der Waals surface area contributed by atoms with Crippen molar-refractivity contribution >= 4 is 0 Å². The number of rotatable bonds is 2. The number of hydrogen-bond acceptors (Lipinski definition) is 3. The summed E-state index contributed by atoms with van der Waals surface area (Å²) in [5.41, 5.74) is -2.08. The van der Waals surface area contributed by atoms with Gasteiger partial charge in [0.15, 0.2) is 0 Å². The minimum atomic E-state index is -4.54. The number of aliphatic hydroxyl groups excluding tert-OH is 1. The number of benzene rings is 1. The van der Waals surface area contributed by atoms with Gasteiger partial charge in [-0.25, -0.2) is 4.79 Å². The minimum absolute atomic E-state index is 0.0969. The van der Waals surface area contributed by atoms with E-state index < -0.39 is 29.4 Å². The van der Waals surface area contributed by atoms with Gasteiger partial charge in [-0.2, -0.15) is 13.2 Å². The Hall–Kier alpha value is -2.22. The van der Waals surface area contributed by atoms with Crippen LogP contribution in [0.15, 0.2) is 29.1 Å². The molecule has 0 radical (unpaired) electrons. The van der Waals surface area contributed by atoms with Crippen molar-refractivity contribution in [3.05, 3.63) is 51.6 Å². The lowest BCUT2D eigenvalue weighted by Crippen LogP contribution is -2.08. The van der Waals surface area contributed by atoms with Crippen molar-refractivity contribution in [2.24, 2.45) is 0 Å². The van der Waals surface area contributed by atoms with E-state index in [0.717, 1.165) is 18.2 Å². The van der Waals surface area contributed by atoms with Gasteiger partial charge in [0.2, 0.25) is 5.88 Å². The second-order valence-corrected chi connectivity index (χ2v) is 3.87. The molecule has 0 spiro atoms. The maximum absolute atomic E-state index is 12.5. The molecule has 0 bridgehead atoms. The van der Waals surface area contributed by atoms with Crippen molar-refractivity contribution in [3.63, 3.8) is 0 Å². The molecular weight excluding hydrogens is 265 g/mol. The summed E-state index contributed by atoms with van der Waals surface area (Å²) in [7, 11) is 0. The van der Waals surface area contributed by atoms with E-state index in [4.69, 9.17) is 0 Å². The molecule has 0 aliphatic rings. The summed E-state index contributed by atoms with van der Waals surface area (Å²) < 4.78 is 37.6. The molecule has 8 heteroatoms. The number of halogens is 3. The highest BCUT2D eigenvalue weighted by atomic mass is 19.4. The molecule has 0 fully saturated rings. The maximum atomic E-state index is 12.5. The van der Waals surface area contributed by atoms with Gasteiger partial charge in [-0.3, -0.25) is 4.98 Å². The summed E-state index contributed by atoms with van der Waals surface area (Å²) >= 11 is 0. The summed E-state index contributed by atoms with van der Waals surface area (Å²) in [6.45, 7) is 0. The van der Waals surface area contributed by atoms with E-state index in [2.05, 4.69) is 4.98 Å². The predicted octanol–water partition coefficient (Wildman–Crippen LogP) is 1.51. The van der Waals surface area contributed by atoms with Crippen LogP contribution in [0.4, 0.5) is 13.2 Å². The van der Waals surface area contributed by atoms with Crippen molar-refractivity contribution in [3.8, 4) is 5.88 Å². The lowest BCUT2D eigenvalue weighted by molar-refractivity contribution is -0.137. The van der Waals surface area contributed by atoms with Crippen LogP contribution in [0.2, 0.25) is 0 Å². The van der Waals surface area contributed by atoms with Crippen LogP contribution in [0.5, 0.6) is 5.88 Å². The normalized spacial score (nSPS) is 13.5. The number of aromatic hydroxyl groups is 1. The van der Waals surface area contributed by atoms with E-state index in [-0.39, 0.29) is 11.3 Å². The average Bonchev–Trinajstić information content (AvgIpc) is 2.66. The standard InChI is InChI=1S/C11H9F3N2O3/c12-11(13,14)6-3-1-2-5(4-6)8(17)7-9(18)16-10(19)15-7/h1-4,8,17-18H,(H2,15,16,19). The number of aliphatic hydroxyl groups is 1. The molecule has 1 heterocycles. The first-order valence-electron chi connectivity index (χ1n) is 5.15. The number of imidazole rings is 1. The maximum Gasteiger partial charge on any atom is 0.416 e. The largest absolute Gasteiger partial charge is 0.493 e. The third-order valence-electron chi connectivity index (χ3n) is 2.54. The predicted molar refractivity (Wildman–Crippen MR) is 58.6 cm³/mol. The number of alkyl halides is 3. The van der Waals surface area contributed by atoms with Gasteiger partial charge < -0.3 is 15.2 Å². The highest BCUT2D eigenvalue weighted by molar-refractivity contribution is 5.34. The molecule has 102 valence electrons. The summed E-state index contributed by atoms with van der Waals surface area (Å²) in [4.78, 5) is 15.0. The zero-order valence-electron chi connectivity index (χ0n) is 9.32. The van der Waals surface area contributed by atoms with Crippen LogP contribution in [-0.2, 0) is 6.18 Å². The molecule has 0 aliphatic heterocycles. The monoisotopic (exact) mass is 274 g/mol. The summed E-state index contributed by atoms with van der Waals surface area (Å²) in [5, 5.41) is 19.2. The molecule has 4 N–H and O–H groups in total. The van der Waals surface area contributed by atoms with E-state index in [1.54, 1.807) is 0 Å². The molecule has 5 nitrogen and oxygen atoms in total. The fourth-order valence-corrected chi connectivity index (χ4v) is 1.64. The Morgan fingerprint density at radius 1 is 1.21 bits per heavy atom. The van der Waals surface area contributed by atoms with Gasteiger partial charge in [-0.15, -0.1) is 0 Å². The molecule has 1 atom stereocenters. The zero-order chi connectivity index (χ0) is 14.2. The fourth-order valence-electron chi connectivity index (χ4n) is 1.64. The number of H-pyrrole nitrogens is 2. The first-order valence-corrected chi connectivity index (χ1v) is 5.15. The van der Waals surface area contributed by atoms with Gasteiger partial charge >= 0.3 is 11.9 Å². The van der Waals surface area contributed by atoms with Crippen LogP contribution in [0.25, 0.3) is 0 Å². The summed E-state index contributed by atoms with van der Waals surface area (Å²) in [6.07, 6.45) is -6.11. The second-order valence-electron chi connectivity index (χ2n) is 3.87. The molecule has 0 amide bonds. The molecule has 0 saturated heterocycles. The topological polar surface area (TPSA) is 89.1 Å². The quantitative estimate of drug-likeness (QED) is 0.669. The van der Waals surface area contributed by atoms with Crippen LogP contribution in [0.1, 0.15) is 22.9 Å². The summed E-state index contributed by atoms with van der Waals surface area (Å²) in [6, 6.07) is 3.99. The third kappa shape index (κ3) is 2.63. The molecule has 1 aromatic carbocycles. The highest BCUT2D eigenvalue weighted by Crippen LogP contribution is 2.32. The smallest absolute Gasteiger partial charge is 0.416 e. The van der Waals surface area contributed by atoms with Crippen LogP contribution < -0.4 is 5.69 Å². The average molecular weight is 274 g/mol. The lowest BCUT2D eigenvalue weighted by Gasteiger charge is -2.12. The Kier molecular flexibility index (Phi) is 3.11. The molecule has 19 heavy (non-hydrogen) atoms. The lowest BCUT2D eigenvalue weighted by atomic mass is 10.0. The molecule has 0 aliphatic carbocycles. The Morgan fingerprint density at radius 3 is 2.42 bits per heavy atom. The number of nitrogens with one attached hydrogen (secondary N) is 2. The van der Waals surface area contributed by atoms with Crippen LogP contribution in [-0.4, -0.2) is 20.2 Å². The Morgan fingerprint density at radius 2 is 1.89 bits per heavy atom. The number of aromatic amines is 2. The third-order valence-corrected chi connectivity index (χ3v) is 2.54. The molecule has 2 rings (SSSR count). The van der Waals surface area contributed by atoms with Gasteiger partial charge in [0.05, 0.1) is 5.56 Å². The van der Waals surface area contributed by atoms with Crippen molar-refractivity contribution in [1.82, 2.24) is 9.97 Å². The summed E-state index contributed by atoms with van der Waals surface area (Å²) in [5.74, 6) is -0.616. The Labute approximate surface area is 104 Å². The van der Waals surface area contributed by atoms with Crippen molar-refractivity contribution in [2.75, 3.05) is 0 Å². The minimum Gasteiger partial charge on any atom is -0.493 e. The van der Waals surface area contributed by atoms with Crippen LogP contribution >= 0.6 is 0 Å². The van der Waals surface area contributed by atoms with E-state index in [9.17, 15) is 28.2 Å². The molecule has 2 aromatic rings. The number of hydrogen-bond donors (Lipinski definition) is 4. The second kappa shape index (κ2) is 4.47. The fraction of sp³-hybridized carbons (Fsp3) is 0.182. The van der Waals surface area contributed by atoms with Gasteiger partial charge in [0, 0.05) is 0 Å². The Balaban J connectivity index is 2.42. The SMILES string of the molecule is O=c1[nH]c(O)c(C(O)c2cccc(C(F)(F)F)c2)[nH]1.